The van der Waals surface area contributed by atoms with E-state index in [1.807, 2.05) is 0 Å². The molecule has 1 aromatic carbocycles. The Hall–Kier alpha value is -1.57. The number of halogens is 4. The van der Waals surface area contributed by atoms with Crippen molar-refractivity contribution >= 4 is 27.8 Å². The highest BCUT2D eigenvalue weighted by Gasteiger charge is 2.37. The monoisotopic (exact) mass is 367 g/mol. The van der Waals surface area contributed by atoms with Crippen LogP contribution in [0.15, 0.2) is 22.7 Å². The highest BCUT2D eigenvalue weighted by atomic mass is 79.9. The lowest BCUT2D eigenvalue weighted by molar-refractivity contribution is -0.142. The van der Waals surface area contributed by atoms with Gasteiger partial charge in [0, 0.05) is 11.5 Å². The van der Waals surface area contributed by atoms with Gasteiger partial charge in [0.1, 0.15) is 6.04 Å². The van der Waals surface area contributed by atoms with Crippen molar-refractivity contribution in [1.82, 2.24) is 4.90 Å². The summed E-state index contributed by atoms with van der Waals surface area (Å²) in [5.74, 6) is -2.25. The van der Waals surface area contributed by atoms with Crippen LogP contribution in [0.5, 0.6) is 0 Å². The highest BCUT2D eigenvalue weighted by Crippen LogP contribution is 2.34. The van der Waals surface area contributed by atoms with Crippen LogP contribution in [0.1, 0.15) is 29.3 Å². The number of carbonyl (C=O) groups excluding carboxylic acids is 1. The fourth-order valence-corrected chi connectivity index (χ4v) is 2.24. The second kappa shape index (κ2) is 6.46. The van der Waals surface area contributed by atoms with E-state index in [0.717, 1.165) is 17.0 Å². The number of nitrogens with zero attached hydrogens (tertiary/aromatic N) is 1. The molecule has 0 heterocycles. The minimum absolute atomic E-state index is 0.0927. The number of rotatable bonds is 4. The number of carboxylic acid groups (broad SMARTS) is 1. The van der Waals surface area contributed by atoms with E-state index < -0.39 is 35.2 Å². The van der Waals surface area contributed by atoms with Crippen molar-refractivity contribution < 1.29 is 27.9 Å². The number of aliphatic carboxylic acids is 1. The van der Waals surface area contributed by atoms with Crippen LogP contribution in [0.4, 0.5) is 13.2 Å². The van der Waals surface area contributed by atoms with Crippen molar-refractivity contribution in [3.8, 4) is 0 Å². The van der Waals surface area contributed by atoms with Crippen LogP contribution in [0.25, 0.3) is 0 Å². The van der Waals surface area contributed by atoms with Crippen molar-refractivity contribution in [3.63, 3.8) is 0 Å². The van der Waals surface area contributed by atoms with Crippen LogP contribution in [-0.2, 0) is 11.0 Å². The molecular formula is C13H13BrF3NO3. The van der Waals surface area contributed by atoms with E-state index in [9.17, 15) is 22.8 Å². The minimum Gasteiger partial charge on any atom is -0.480 e. The molecule has 4 nitrogen and oxygen atoms in total. The molecule has 1 N–H and O–H groups in total. The molecule has 116 valence electrons. The van der Waals surface area contributed by atoms with Gasteiger partial charge in [-0.2, -0.15) is 13.2 Å². The van der Waals surface area contributed by atoms with Crippen LogP contribution < -0.4 is 0 Å². The van der Waals surface area contributed by atoms with E-state index in [-0.39, 0.29) is 10.9 Å². The lowest BCUT2D eigenvalue weighted by Crippen LogP contribution is -2.42. The van der Waals surface area contributed by atoms with E-state index in [1.165, 1.54) is 20.0 Å². The quantitative estimate of drug-likeness (QED) is 0.886. The number of carbonyl (C=O) groups is 2. The molecule has 0 aliphatic heterocycles. The fraction of sp³-hybridized carbons (Fsp3) is 0.385. The molecule has 0 bridgehead atoms. The van der Waals surface area contributed by atoms with Gasteiger partial charge in [-0.05, 0) is 24.6 Å². The lowest BCUT2D eigenvalue weighted by Gasteiger charge is -2.25. The molecule has 0 saturated heterocycles. The van der Waals surface area contributed by atoms with Gasteiger partial charge in [-0.15, -0.1) is 0 Å². The van der Waals surface area contributed by atoms with Gasteiger partial charge >= 0.3 is 12.1 Å². The van der Waals surface area contributed by atoms with Gasteiger partial charge in [0.2, 0.25) is 0 Å². The van der Waals surface area contributed by atoms with E-state index >= 15 is 0 Å². The van der Waals surface area contributed by atoms with Crippen LogP contribution in [0.2, 0.25) is 0 Å². The molecule has 0 aromatic heterocycles. The number of amides is 1. The summed E-state index contributed by atoms with van der Waals surface area (Å²) in [6, 6.07) is 1.95. The first kappa shape index (κ1) is 17.5. The van der Waals surface area contributed by atoms with Gasteiger partial charge in [0.25, 0.3) is 5.91 Å². The number of benzene rings is 1. The van der Waals surface area contributed by atoms with Crippen molar-refractivity contribution in [2.24, 2.45) is 0 Å². The number of likely N-dealkylation sites (N-methyl/N-ethyl adjacent to an activating group) is 1. The third kappa shape index (κ3) is 3.96. The molecule has 8 heteroatoms. The van der Waals surface area contributed by atoms with E-state index in [4.69, 9.17) is 5.11 Å². The average Bonchev–Trinajstić information content (AvgIpc) is 2.37. The SMILES string of the molecule is CCC(C(=O)O)N(C)C(=O)c1ccc(Br)cc1C(F)(F)F. The van der Waals surface area contributed by atoms with Crippen LogP contribution in [0, 0.1) is 0 Å². The first-order valence-electron chi connectivity index (χ1n) is 5.96. The van der Waals surface area contributed by atoms with Crippen molar-refractivity contribution in [2.75, 3.05) is 7.05 Å². The Morgan fingerprint density at radius 3 is 2.38 bits per heavy atom. The lowest BCUT2D eigenvalue weighted by atomic mass is 10.0. The third-order valence-corrected chi connectivity index (χ3v) is 3.47. The second-order valence-corrected chi connectivity index (χ2v) is 5.28. The minimum atomic E-state index is -4.71. The van der Waals surface area contributed by atoms with Gasteiger partial charge in [-0.1, -0.05) is 22.9 Å². The maximum absolute atomic E-state index is 13.0. The molecule has 1 amide bonds. The molecule has 1 atom stereocenters. The Labute approximate surface area is 127 Å². The van der Waals surface area contributed by atoms with Gasteiger partial charge in [-0.25, -0.2) is 4.79 Å². The smallest absolute Gasteiger partial charge is 0.417 e. The van der Waals surface area contributed by atoms with Crippen LogP contribution in [-0.4, -0.2) is 35.0 Å². The standard InChI is InChI=1S/C13H13BrF3NO3/c1-3-10(12(20)21)18(2)11(19)8-5-4-7(14)6-9(8)13(15,16)17/h4-6,10H,3H2,1-2H3,(H,20,21). The Kier molecular flexibility index (Phi) is 5.38. The molecule has 0 aliphatic carbocycles. The topological polar surface area (TPSA) is 57.6 Å². The Balaban J connectivity index is 3.28. The Morgan fingerprint density at radius 2 is 1.95 bits per heavy atom. The zero-order chi connectivity index (χ0) is 16.4. The van der Waals surface area contributed by atoms with E-state index in [0.29, 0.717) is 0 Å². The van der Waals surface area contributed by atoms with Gasteiger partial charge in [0.05, 0.1) is 11.1 Å². The molecule has 0 spiro atoms. The normalized spacial score (nSPS) is 12.9. The average molecular weight is 368 g/mol. The zero-order valence-corrected chi connectivity index (χ0v) is 12.8. The molecule has 1 rings (SSSR count). The predicted octanol–water partition coefficient (Wildman–Crippen LogP) is 3.40. The Morgan fingerprint density at radius 1 is 1.38 bits per heavy atom. The van der Waals surface area contributed by atoms with Crippen molar-refractivity contribution in [3.05, 3.63) is 33.8 Å². The maximum atomic E-state index is 13.0. The number of carboxylic acids is 1. The summed E-state index contributed by atoms with van der Waals surface area (Å²) in [5.41, 5.74) is -1.68. The summed E-state index contributed by atoms with van der Waals surface area (Å²) < 4.78 is 39.1. The van der Waals surface area contributed by atoms with Gasteiger partial charge < -0.3 is 10.0 Å². The van der Waals surface area contributed by atoms with Gasteiger partial charge in [0.15, 0.2) is 0 Å². The summed E-state index contributed by atoms with van der Waals surface area (Å²) in [5, 5.41) is 8.99. The maximum Gasteiger partial charge on any atom is 0.417 e. The fourth-order valence-electron chi connectivity index (χ4n) is 1.88. The van der Waals surface area contributed by atoms with Crippen LogP contribution >= 0.6 is 15.9 Å². The highest BCUT2D eigenvalue weighted by molar-refractivity contribution is 9.10. The predicted molar refractivity (Wildman–Crippen MR) is 73.0 cm³/mol. The molecule has 0 saturated carbocycles. The summed E-state index contributed by atoms with van der Waals surface area (Å²) in [6.07, 6.45) is -4.62. The summed E-state index contributed by atoms with van der Waals surface area (Å²) >= 11 is 2.92. The Bertz CT molecular complexity index is 560. The molecule has 0 fully saturated rings. The summed E-state index contributed by atoms with van der Waals surface area (Å²) in [4.78, 5) is 24.0. The first-order chi connectivity index (χ1) is 9.59. The van der Waals surface area contributed by atoms with Crippen molar-refractivity contribution in [1.29, 1.82) is 0 Å². The zero-order valence-electron chi connectivity index (χ0n) is 11.2. The molecular weight excluding hydrogens is 355 g/mol. The summed E-state index contributed by atoms with van der Waals surface area (Å²) in [6.45, 7) is 1.54. The third-order valence-electron chi connectivity index (χ3n) is 2.98. The molecule has 1 aromatic rings. The van der Waals surface area contributed by atoms with E-state index in [2.05, 4.69) is 15.9 Å². The molecule has 21 heavy (non-hydrogen) atoms. The number of hydrogen-bond donors (Lipinski definition) is 1. The molecule has 0 aliphatic rings. The number of hydrogen-bond acceptors (Lipinski definition) is 2. The largest absolute Gasteiger partial charge is 0.480 e. The van der Waals surface area contributed by atoms with Crippen LogP contribution in [0.3, 0.4) is 0 Å². The van der Waals surface area contributed by atoms with Gasteiger partial charge in [-0.3, -0.25) is 4.79 Å². The first-order valence-corrected chi connectivity index (χ1v) is 6.75. The van der Waals surface area contributed by atoms with Crippen molar-refractivity contribution in [2.45, 2.75) is 25.6 Å². The second-order valence-electron chi connectivity index (χ2n) is 4.37. The number of alkyl halides is 3. The molecule has 1 unspecified atom stereocenters. The molecule has 0 radical (unpaired) electrons. The summed E-state index contributed by atoms with van der Waals surface area (Å²) in [7, 11) is 1.17. The van der Waals surface area contributed by atoms with E-state index in [1.54, 1.807) is 0 Å².